The first kappa shape index (κ1) is 14.4. The third kappa shape index (κ3) is 3.48. The molecule has 19 heavy (non-hydrogen) atoms. The molecule has 1 aromatic carbocycles. The lowest BCUT2D eigenvalue weighted by Gasteiger charge is -2.27. The maximum absolute atomic E-state index is 12.3. The fourth-order valence-electron chi connectivity index (χ4n) is 1.78. The minimum Gasteiger partial charge on any atom is -0.389 e. The third-order valence-corrected chi connectivity index (χ3v) is 4.36. The van der Waals surface area contributed by atoms with E-state index in [1.54, 1.807) is 23.2 Å². The van der Waals surface area contributed by atoms with E-state index in [-0.39, 0.29) is 9.88 Å². The van der Waals surface area contributed by atoms with E-state index in [2.05, 4.69) is 4.83 Å². The summed E-state index contributed by atoms with van der Waals surface area (Å²) >= 11 is 4.87. The van der Waals surface area contributed by atoms with E-state index in [1.807, 2.05) is 0 Å². The molecule has 1 aliphatic rings. The molecule has 2 rings (SSSR count). The van der Waals surface area contributed by atoms with Gasteiger partial charge in [0.05, 0.1) is 18.1 Å². The van der Waals surface area contributed by atoms with Crippen molar-refractivity contribution in [2.24, 2.45) is 5.73 Å². The number of morpholine rings is 1. The molecule has 0 amide bonds. The zero-order valence-electron chi connectivity index (χ0n) is 10.2. The second-order valence-corrected chi connectivity index (χ2v) is 6.12. The zero-order valence-corrected chi connectivity index (χ0v) is 11.8. The zero-order chi connectivity index (χ0) is 13.9. The Hall–Kier alpha value is -1.06. The van der Waals surface area contributed by atoms with Gasteiger partial charge in [0.25, 0.3) is 10.0 Å². The molecular weight excluding hydrogens is 286 g/mol. The fraction of sp³-hybridized carbons (Fsp3) is 0.364. The van der Waals surface area contributed by atoms with E-state index in [1.165, 1.54) is 6.07 Å². The molecule has 1 aliphatic heterocycles. The molecule has 0 spiro atoms. The quantitative estimate of drug-likeness (QED) is 0.752. The van der Waals surface area contributed by atoms with Gasteiger partial charge in [-0.15, -0.1) is 4.83 Å². The molecule has 0 aromatic heterocycles. The Morgan fingerprint density at radius 2 is 1.95 bits per heavy atom. The summed E-state index contributed by atoms with van der Waals surface area (Å²) < 4.78 is 29.8. The summed E-state index contributed by atoms with van der Waals surface area (Å²) in [5.74, 6) is 0. The first-order valence-corrected chi connectivity index (χ1v) is 7.64. The van der Waals surface area contributed by atoms with Crippen LogP contribution in [0.3, 0.4) is 0 Å². The molecule has 1 fully saturated rings. The number of hydrogen-bond acceptors (Lipinski definition) is 5. The lowest BCUT2D eigenvalue weighted by molar-refractivity contribution is 0.0272. The number of nitrogens with two attached hydrogens (primary N) is 1. The molecule has 8 heteroatoms. The van der Waals surface area contributed by atoms with Crippen LogP contribution in [0.2, 0.25) is 0 Å². The largest absolute Gasteiger partial charge is 0.389 e. The van der Waals surface area contributed by atoms with Gasteiger partial charge in [-0.2, -0.15) is 0 Å². The van der Waals surface area contributed by atoms with Gasteiger partial charge in [0.2, 0.25) is 0 Å². The van der Waals surface area contributed by atoms with Crippen LogP contribution in [0.1, 0.15) is 5.56 Å². The van der Waals surface area contributed by atoms with Crippen LogP contribution in [-0.4, -0.2) is 44.7 Å². The van der Waals surface area contributed by atoms with E-state index in [4.69, 9.17) is 22.7 Å². The number of nitrogens with one attached hydrogen (secondary N) is 1. The Morgan fingerprint density at radius 1 is 1.32 bits per heavy atom. The van der Waals surface area contributed by atoms with Crippen LogP contribution in [0.25, 0.3) is 0 Å². The molecule has 104 valence electrons. The number of sulfonamides is 1. The van der Waals surface area contributed by atoms with Crippen LogP contribution in [0.4, 0.5) is 0 Å². The minimum atomic E-state index is -3.68. The first-order valence-electron chi connectivity index (χ1n) is 5.75. The molecule has 6 nitrogen and oxygen atoms in total. The van der Waals surface area contributed by atoms with E-state index < -0.39 is 10.0 Å². The smallest absolute Gasteiger partial charge is 0.254 e. The van der Waals surface area contributed by atoms with E-state index in [0.717, 1.165) is 0 Å². The van der Waals surface area contributed by atoms with Crippen molar-refractivity contribution in [3.8, 4) is 0 Å². The summed E-state index contributed by atoms with van der Waals surface area (Å²) in [6.07, 6.45) is 0. The number of rotatable bonds is 4. The van der Waals surface area contributed by atoms with Crippen molar-refractivity contribution in [2.75, 3.05) is 26.3 Å². The Bertz CT molecular complexity index is 568. The molecule has 3 N–H and O–H groups in total. The predicted octanol–water partition coefficient (Wildman–Crippen LogP) is -0.154. The maximum atomic E-state index is 12.3. The lowest BCUT2D eigenvalue weighted by atomic mass is 10.2. The van der Waals surface area contributed by atoms with Crippen LogP contribution in [-0.2, 0) is 14.8 Å². The molecule has 0 unspecified atom stereocenters. The fourth-order valence-corrected chi connectivity index (χ4v) is 3.37. The first-order chi connectivity index (χ1) is 9.00. The second-order valence-electron chi connectivity index (χ2n) is 4.05. The molecule has 0 saturated carbocycles. The van der Waals surface area contributed by atoms with Crippen molar-refractivity contribution < 1.29 is 13.2 Å². The van der Waals surface area contributed by atoms with Gasteiger partial charge >= 0.3 is 0 Å². The second kappa shape index (κ2) is 5.93. The van der Waals surface area contributed by atoms with Gasteiger partial charge in [-0.1, -0.05) is 30.4 Å². The van der Waals surface area contributed by atoms with Crippen LogP contribution < -0.4 is 10.6 Å². The van der Waals surface area contributed by atoms with Gasteiger partial charge in [-0.25, -0.2) is 13.4 Å². The standard InChI is InChI=1S/C11H15N3O3S2/c12-11(18)9-3-1-2-4-10(9)19(15,16)13-14-5-7-17-8-6-14/h1-4,13H,5-8H2,(H2,12,18). The Labute approximate surface area is 117 Å². The highest BCUT2D eigenvalue weighted by Crippen LogP contribution is 2.15. The van der Waals surface area contributed by atoms with E-state index in [0.29, 0.717) is 31.9 Å². The summed E-state index contributed by atoms with van der Waals surface area (Å²) in [5.41, 5.74) is 5.90. The van der Waals surface area contributed by atoms with Crippen molar-refractivity contribution in [3.05, 3.63) is 29.8 Å². The molecule has 0 atom stereocenters. The molecule has 1 saturated heterocycles. The van der Waals surface area contributed by atoms with Gasteiger partial charge in [-0.3, -0.25) is 0 Å². The Balaban J connectivity index is 2.26. The highest BCUT2D eigenvalue weighted by molar-refractivity contribution is 7.89. The number of hydrogen-bond donors (Lipinski definition) is 2. The molecule has 0 aliphatic carbocycles. The Kier molecular flexibility index (Phi) is 4.48. The van der Waals surface area contributed by atoms with E-state index >= 15 is 0 Å². The SMILES string of the molecule is NC(=S)c1ccccc1S(=O)(=O)NN1CCOCC1. The van der Waals surface area contributed by atoms with Gasteiger partial charge < -0.3 is 10.5 Å². The number of thiocarbonyl (C=S) groups is 1. The van der Waals surface area contributed by atoms with Gasteiger partial charge in [0, 0.05) is 18.7 Å². The normalized spacial score (nSPS) is 17.3. The number of benzene rings is 1. The summed E-state index contributed by atoms with van der Waals surface area (Å²) in [5, 5.41) is 1.61. The summed E-state index contributed by atoms with van der Waals surface area (Å²) in [6, 6.07) is 6.41. The van der Waals surface area contributed by atoms with Crippen molar-refractivity contribution in [3.63, 3.8) is 0 Å². The van der Waals surface area contributed by atoms with Crippen LogP contribution in [0, 0.1) is 0 Å². The average Bonchev–Trinajstić information content (AvgIpc) is 2.39. The number of ether oxygens (including phenoxy) is 1. The predicted molar refractivity (Wildman–Crippen MR) is 75.0 cm³/mol. The highest BCUT2D eigenvalue weighted by Gasteiger charge is 2.23. The molecule has 0 radical (unpaired) electrons. The molecule has 0 bridgehead atoms. The van der Waals surface area contributed by atoms with Crippen molar-refractivity contribution in [2.45, 2.75) is 4.90 Å². The Morgan fingerprint density at radius 3 is 2.58 bits per heavy atom. The van der Waals surface area contributed by atoms with Gasteiger partial charge in [-0.05, 0) is 6.07 Å². The number of nitrogens with zero attached hydrogens (tertiary/aromatic N) is 1. The van der Waals surface area contributed by atoms with Crippen molar-refractivity contribution in [1.82, 2.24) is 9.84 Å². The average molecular weight is 301 g/mol. The van der Waals surface area contributed by atoms with Crippen LogP contribution >= 0.6 is 12.2 Å². The molecule has 1 aromatic rings. The highest BCUT2D eigenvalue weighted by atomic mass is 32.2. The topological polar surface area (TPSA) is 84.7 Å². The molecule has 1 heterocycles. The monoisotopic (exact) mass is 301 g/mol. The summed E-state index contributed by atoms with van der Waals surface area (Å²) in [6.45, 7) is 2.02. The maximum Gasteiger partial charge on any atom is 0.254 e. The van der Waals surface area contributed by atoms with Gasteiger partial charge in [0.1, 0.15) is 4.99 Å². The number of hydrazine groups is 1. The van der Waals surface area contributed by atoms with Gasteiger partial charge in [0.15, 0.2) is 0 Å². The van der Waals surface area contributed by atoms with Crippen LogP contribution in [0.5, 0.6) is 0 Å². The molecular formula is C11H15N3O3S2. The minimum absolute atomic E-state index is 0.0583. The summed E-state index contributed by atoms with van der Waals surface area (Å²) in [7, 11) is -3.68. The van der Waals surface area contributed by atoms with E-state index in [9.17, 15) is 8.42 Å². The third-order valence-electron chi connectivity index (χ3n) is 2.70. The lowest BCUT2D eigenvalue weighted by Crippen LogP contribution is -2.48. The van der Waals surface area contributed by atoms with Crippen LogP contribution in [0.15, 0.2) is 29.2 Å². The summed E-state index contributed by atoms with van der Waals surface area (Å²) in [4.78, 5) is 2.67. The van der Waals surface area contributed by atoms with Crippen molar-refractivity contribution in [1.29, 1.82) is 0 Å². The van der Waals surface area contributed by atoms with Crippen molar-refractivity contribution >= 4 is 27.2 Å².